The fourth-order valence-corrected chi connectivity index (χ4v) is 2.15. The van der Waals surface area contributed by atoms with Crippen LogP contribution in [0.1, 0.15) is 11.7 Å². The predicted octanol–water partition coefficient (Wildman–Crippen LogP) is 4.76. The van der Waals surface area contributed by atoms with Crippen LogP contribution in [0.2, 0.25) is 0 Å². The molecule has 94 valence electrons. The van der Waals surface area contributed by atoms with Crippen LogP contribution in [0.5, 0.6) is 0 Å². The highest BCUT2D eigenvalue weighted by Crippen LogP contribution is 2.42. The van der Waals surface area contributed by atoms with Crippen molar-refractivity contribution in [1.82, 2.24) is 0 Å². The molecule has 0 spiro atoms. The van der Waals surface area contributed by atoms with E-state index in [0.717, 1.165) is 11.1 Å². The van der Waals surface area contributed by atoms with Crippen molar-refractivity contribution in [3.05, 3.63) is 60.2 Å². The smallest absolute Gasteiger partial charge is 0.220 e. The monoisotopic (exact) mass is 300 g/mol. The van der Waals surface area contributed by atoms with Gasteiger partial charge in [0.05, 0.1) is 0 Å². The summed E-state index contributed by atoms with van der Waals surface area (Å²) in [5.74, 6) is 0. The van der Waals surface area contributed by atoms with Crippen molar-refractivity contribution in [3.8, 4) is 11.1 Å². The molecule has 2 aromatic carbocycles. The van der Waals surface area contributed by atoms with Crippen molar-refractivity contribution in [2.75, 3.05) is 0 Å². The van der Waals surface area contributed by atoms with E-state index in [1.165, 1.54) is 0 Å². The Morgan fingerprint density at radius 1 is 0.833 bits per heavy atom. The summed E-state index contributed by atoms with van der Waals surface area (Å²) in [6.45, 7) is 0. The summed E-state index contributed by atoms with van der Waals surface area (Å²) in [6.07, 6.45) is -1.17. The number of aliphatic hydroxyl groups excluding tert-OH is 1. The molecule has 0 saturated heterocycles. The van der Waals surface area contributed by atoms with Crippen molar-refractivity contribution < 1.29 is 5.11 Å². The highest BCUT2D eigenvalue weighted by molar-refractivity contribution is 6.68. The van der Waals surface area contributed by atoms with E-state index in [-0.39, 0.29) is 0 Å². The maximum atomic E-state index is 10.1. The van der Waals surface area contributed by atoms with Gasteiger partial charge in [0, 0.05) is 0 Å². The van der Waals surface area contributed by atoms with Gasteiger partial charge in [-0.15, -0.1) is 0 Å². The topological polar surface area (TPSA) is 20.2 Å². The van der Waals surface area contributed by atoms with Crippen molar-refractivity contribution in [1.29, 1.82) is 0 Å². The summed E-state index contributed by atoms with van der Waals surface area (Å²) >= 11 is 17.3. The molecule has 1 unspecified atom stereocenters. The normalized spacial score (nSPS) is 13.3. The lowest BCUT2D eigenvalue weighted by Gasteiger charge is -2.22. The first-order valence-corrected chi connectivity index (χ1v) is 6.52. The second-order valence-electron chi connectivity index (χ2n) is 3.90. The molecule has 18 heavy (non-hydrogen) atoms. The number of benzene rings is 2. The van der Waals surface area contributed by atoms with Crippen LogP contribution in [-0.2, 0) is 0 Å². The molecule has 2 aromatic rings. The standard InChI is InChI=1S/C14H11Cl3O/c15-14(16,17)13(18)12-9-5-4-8-11(12)10-6-2-1-3-7-10/h1-9,13,18H. The minimum atomic E-state index is -1.75. The summed E-state index contributed by atoms with van der Waals surface area (Å²) in [5.41, 5.74) is 2.43. The van der Waals surface area contributed by atoms with E-state index in [9.17, 15) is 5.11 Å². The first-order valence-electron chi connectivity index (χ1n) is 5.39. The third-order valence-corrected chi connectivity index (χ3v) is 3.27. The van der Waals surface area contributed by atoms with Crippen molar-refractivity contribution in [2.24, 2.45) is 0 Å². The van der Waals surface area contributed by atoms with Crippen molar-refractivity contribution >= 4 is 34.8 Å². The average molecular weight is 302 g/mol. The fourth-order valence-electron chi connectivity index (χ4n) is 1.79. The molecule has 4 heteroatoms. The molecule has 0 heterocycles. The number of alkyl halides is 3. The Morgan fingerprint density at radius 2 is 1.39 bits per heavy atom. The molecule has 1 N–H and O–H groups in total. The number of hydrogen-bond donors (Lipinski definition) is 1. The molecule has 0 saturated carbocycles. The summed E-state index contributed by atoms with van der Waals surface area (Å²) in [5, 5.41) is 10.1. The van der Waals surface area contributed by atoms with Gasteiger partial charge in [-0.2, -0.15) is 0 Å². The molecule has 1 nitrogen and oxygen atoms in total. The van der Waals surface area contributed by atoms with Crippen LogP contribution < -0.4 is 0 Å². The number of aliphatic hydroxyl groups is 1. The van der Waals surface area contributed by atoms with Gasteiger partial charge in [-0.05, 0) is 16.7 Å². The molecule has 1 atom stereocenters. The Bertz CT molecular complexity index is 520. The van der Waals surface area contributed by atoms with Crippen molar-refractivity contribution in [2.45, 2.75) is 9.90 Å². The summed E-state index contributed by atoms with van der Waals surface area (Å²) in [4.78, 5) is 0. The SMILES string of the molecule is OC(c1ccccc1-c1ccccc1)C(Cl)(Cl)Cl. The molecule has 0 aliphatic rings. The van der Waals surface area contributed by atoms with Gasteiger partial charge in [-0.1, -0.05) is 89.4 Å². The van der Waals surface area contributed by atoms with Gasteiger partial charge in [-0.3, -0.25) is 0 Å². The second kappa shape index (κ2) is 5.50. The van der Waals surface area contributed by atoms with Crippen LogP contribution in [-0.4, -0.2) is 8.90 Å². The van der Waals surface area contributed by atoms with E-state index in [1.54, 1.807) is 12.1 Å². The second-order valence-corrected chi connectivity index (χ2v) is 6.27. The first-order chi connectivity index (χ1) is 8.50. The Balaban J connectivity index is 2.51. The lowest BCUT2D eigenvalue weighted by Crippen LogP contribution is -2.17. The zero-order chi connectivity index (χ0) is 13.2. The Hall–Kier alpha value is -0.730. The van der Waals surface area contributed by atoms with Gasteiger partial charge in [0.2, 0.25) is 3.79 Å². The minimum Gasteiger partial charge on any atom is -0.384 e. The molecular weight excluding hydrogens is 291 g/mol. The third kappa shape index (κ3) is 2.99. The zero-order valence-electron chi connectivity index (χ0n) is 9.35. The molecule has 0 radical (unpaired) electrons. The Morgan fingerprint density at radius 3 is 2.00 bits per heavy atom. The maximum Gasteiger partial charge on any atom is 0.220 e. The first kappa shape index (κ1) is 13.7. The van der Waals surface area contributed by atoms with E-state index in [2.05, 4.69) is 0 Å². The summed E-state index contributed by atoms with van der Waals surface area (Å²) in [7, 11) is 0. The van der Waals surface area contributed by atoms with Crippen molar-refractivity contribution in [3.63, 3.8) is 0 Å². The van der Waals surface area contributed by atoms with Crippen LogP contribution >= 0.6 is 34.8 Å². The Kier molecular flexibility index (Phi) is 4.18. The quantitative estimate of drug-likeness (QED) is 0.793. The molecule has 0 fully saturated rings. The molecule has 0 aliphatic carbocycles. The van der Waals surface area contributed by atoms with Gasteiger partial charge in [0.1, 0.15) is 6.10 Å². The predicted molar refractivity (Wildman–Crippen MR) is 77.1 cm³/mol. The summed E-state index contributed by atoms with van der Waals surface area (Å²) < 4.78 is -1.75. The zero-order valence-corrected chi connectivity index (χ0v) is 11.6. The average Bonchev–Trinajstić information content (AvgIpc) is 2.38. The third-order valence-electron chi connectivity index (χ3n) is 2.65. The van der Waals surface area contributed by atoms with Gasteiger partial charge in [0.25, 0.3) is 0 Å². The van der Waals surface area contributed by atoms with Crippen LogP contribution in [0.15, 0.2) is 54.6 Å². The van der Waals surface area contributed by atoms with Gasteiger partial charge in [-0.25, -0.2) is 0 Å². The minimum absolute atomic E-state index is 0.601. The van der Waals surface area contributed by atoms with E-state index < -0.39 is 9.90 Å². The van der Waals surface area contributed by atoms with E-state index in [1.807, 2.05) is 42.5 Å². The number of rotatable bonds is 2. The van der Waals surface area contributed by atoms with Gasteiger partial charge < -0.3 is 5.11 Å². The molecule has 0 bridgehead atoms. The van der Waals surface area contributed by atoms with Crippen LogP contribution in [0.4, 0.5) is 0 Å². The van der Waals surface area contributed by atoms with Gasteiger partial charge >= 0.3 is 0 Å². The van der Waals surface area contributed by atoms with Crippen LogP contribution in [0, 0.1) is 0 Å². The molecular formula is C14H11Cl3O. The Labute approximate surface area is 121 Å². The van der Waals surface area contributed by atoms with E-state index >= 15 is 0 Å². The maximum absolute atomic E-state index is 10.1. The highest BCUT2D eigenvalue weighted by Gasteiger charge is 2.33. The molecule has 0 amide bonds. The lowest BCUT2D eigenvalue weighted by atomic mass is 9.97. The summed E-state index contributed by atoms with van der Waals surface area (Å²) in [6, 6.07) is 17.0. The fraction of sp³-hybridized carbons (Fsp3) is 0.143. The largest absolute Gasteiger partial charge is 0.384 e. The molecule has 0 aromatic heterocycles. The van der Waals surface area contributed by atoms with Crippen LogP contribution in [0.25, 0.3) is 11.1 Å². The lowest BCUT2D eigenvalue weighted by molar-refractivity contribution is 0.183. The molecule has 2 rings (SSSR count). The van der Waals surface area contributed by atoms with Gasteiger partial charge in [0.15, 0.2) is 0 Å². The number of halogens is 3. The number of hydrogen-bond acceptors (Lipinski definition) is 1. The van der Waals surface area contributed by atoms with Crippen LogP contribution in [0.3, 0.4) is 0 Å². The van der Waals surface area contributed by atoms with E-state index in [0.29, 0.717) is 5.56 Å². The van der Waals surface area contributed by atoms with E-state index in [4.69, 9.17) is 34.8 Å². The highest BCUT2D eigenvalue weighted by atomic mass is 35.6. The molecule has 0 aliphatic heterocycles.